The molecular weight excluding hydrogens is 280 g/mol. The van der Waals surface area contributed by atoms with Crippen LogP contribution in [0.15, 0.2) is 23.1 Å². The topological polar surface area (TPSA) is 98.5 Å². The average molecular weight is 298 g/mol. The van der Waals surface area contributed by atoms with Gasteiger partial charge in [-0.05, 0) is 36.5 Å². The number of primary sulfonamides is 1. The van der Waals surface area contributed by atoms with Gasteiger partial charge in [0.2, 0.25) is 10.0 Å². The second-order valence-electron chi connectivity index (χ2n) is 5.40. The summed E-state index contributed by atoms with van der Waals surface area (Å²) < 4.78 is 27.8. The van der Waals surface area contributed by atoms with E-state index in [0.29, 0.717) is 12.3 Å². The molecule has 0 heterocycles. The van der Waals surface area contributed by atoms with Crippen LogP contribution in [0.3, 0.4) is 0 Å². The van der Waals surface area contributed by atoms with Crippen molar-refractivity contribution in [3.8, 4) is 5.75 Å². The Morgan fingerprint density at radius 2 is 2.10 bits per heavy atom. The van der Waals surface area contributed by atoms with E-state index in [2.05, 4.69) is 12.2 Å². The van der Waals surface area contributed by atoms with Crippen molar-refractivity contribution in [2.24, 2.45) is 10.6 Å². The van der Waals surface area contributed by atoms with E-state index in [1.807, 2.05) is 0 Å². The van der Waals surface area contributed by atoms with Gasteiger partial charge in [0.15, 0.2) is 0 Å². The van der Waals surface area contributed by atoms with Gasteiger partial charge in [-0.1, -0.05) is 6.92 Å². The Labute approximate surface area is 118 Å². The maximum absolute atomic E-state index is 12.2. The monoisotopic (exact) mass is 298 g/mol. The van der Waals surface area contributed by atoms with Crippen molar-refractivity contribution in [3.05, 3.63) is 23.8 Å². The smallest absolute Gasteiger partial charge is 0.255 e. The Balaban J connectivity index is 2.25. The number of amides is 1. The molecule has 1 saturated carbocycles. The van der Waals surface area contributed by atoms with Gasteiger partial charge >= 0.3 is 0 Å². The van der Waals surface area contributed by atoms with Crippen LogP contribution in [0, 0.1) is 5.41 Å². The Morgan fingerprint density at radius 1 is 1.45 bits per heavy atom. The highest BCUT2D eigenvalue weighted by Crippen LogP contribution is 2.44. The van der Waals surface area contributed by atoms with Crippen LogP contribution in [0.25, 0.3) is 0 Å². The van der Waals surface area contributed by atoms with E-state index in [1.54, 1.807) is 0 Å². The van der Waals surface area contributed by atoms with Crippen LogP contribution in [-0.4, -0.2) is 28.0 Å². The predicted octanol–water partition coefficient (Wildman–Crippen LogP) is 0.872. The van der Waals surface area contributed by atoms with Gasteiger partial charge in [-0.25, -0.2) is 13.6 Å². The number of benzene rings is 1. The SMILES string of the molecule is COc1ccc(S(N)(=O)=O)cc1C(=O)NCC1(C)CC1. The molecule has 0 saturated heterocycles. The average Bonchev–Trinajstić information content (AvgIpc) is 3.12. The Morgan fingerprint density at radius 3 is 2.60 bits per heavy atom. The number of nitrogens with one attached hydrogen (secondary N) is 1. The van der Waals surface area contributed by atoms with Gasteiger partial charge < -0.3 is 10.1 Å². The summed E-state index contributed by atoms with van der Waals surface area (Å²) in [5, 5.41) is 7.87. The Bertz CT molecular complexity index is 636. The molecule has 1 aromatic carbocycles. The number of sulfonamides is 1. The molecule has 0 aliphatic heterocycles. The second-order valence-corrected chi connectivity index (χ2v) is 6.96. The fourth-order valence-corrected chi connectivity index (χ4v) is 2.36. The van der Waals surface area contributed by atoms with Crippen molar-refractivity contribution in [1.29, 1.82) is 0 Å². The molecule has 6 nitrogen and oxygen atoms in total. The van der Waals surface area contributed by atoms with Gasteiger partial charge in [-0.15, -0.1) is 0 Å². The van der Waals surface area contributed by atoms with Crippen molar-refractivity contribution < 1.29 is 17.9 Å². The number of nitrogens with two attached hydrogens (primary N) is 1. The fourth-order valence-electron chi connectivity index (χ4n) is 1.82. The lowest BCUT2D eigenvalue weighted by atomic mass is 10.1. The molecule has 1 aromatic rings. The Hall–Kier alpha value is -1.60. The molecule has 0 bridgehead atoms. The van der Waals surface area contributed by atoms with Gasteiger partial charge in [-0.2, -0.15) is 0 Å². The van der Waals surface area contributed by atoms with E-state index in [0.717, 1.165) is 12.8 Å². The first kappa shape index (κ1) is 14.8. The molecule has 3 N–H and O–H groups in total. The molecule has 7 heteroatoms. The minimum absolute atomic E-state index is 0.110. The van der Waals surface area contributed by atoms with Gasteiger partial charge in [-0.3, -0.25) is 4.79 Å². The second kappa shape index (κ2) is 5.06. The van der Waals surface area contributed by atoms with Crippen LogP contribution in [0.5, 0.6) is 5.75 Å². The minimum Gasteiger partial charge on any atom is -0.496 e. The zero-order chi connectivity index (χ0) is 15.0. The molecule has 110 valence electrons. The maximum atomic E-state index is 12.2. The van der Waals surface area contributed by atoms with Crippen molar-refractivity contribution >= 4 is 15.9 Å². The van der Waals surface area contributed by atoms with E-state index in [9.17, 15) is 13.2 Å². The molecule has 20 heavy (non-hydrogen) atoms. The van der Waals surface area contributed by atoms with Gasteiger partial charge in [0, 0.05) is 6.54 Å². The summed E-state index contributed by atoms with van der Waals surface area (Å²) in [6.45, 7) is 2.65. The summed E-state index contributed by atoms with van der Waals surface area (Å²) in [6, 6.07) is 3.97. The van der Waals surface area contributed by atoms with E-state index in [-0.39, 0.29) is 21.8 Å². The summed E-state index contributed by atoms with van der Waals surface area (Å²) in [5.41, 5.74) is 0.337. The predicted molar refractivity (Wildman–Crippen MR) is 74.0 cm³/mol. The summed E-state index contributed by atoms with van der Waals surface area (Å²) >= 11 is 0. The van der Waals surface area contributed by atoms with E-state index in [4.69, 9.17) is 9.88 Å². The van der Waals surface area contributed by atoms with Crippen molar-refractivity contribution in [2.45, 2.75) is 24.7 Å². The first-order chi connectivity index (χ1) is 9.25. The normalized spacial score (nSPS) is 16.6. The van der Waals surface area contributed by atoms with Crippen LogP contribution >= 0.6 is 0 Å². The van der Waals surface area contributed by atoms with Crippen molar-refractivity contribution in [3.63, 3.8) is 0 Å². The van der Waals surface area contributed by atoms with Crippen molar-refractivity contribution in [1.82, 2.24) is 5.32 Å². The lowest BCUT2D eigenvalue weighted by Crippen LogP contribution is -2.29. The van der Waals surface area contributed by atoms with E-state index in [1.165, 1.54) is 25.3 Å². The number of rotatable bonds is 5. The molecule has 0 atom stereocenters. The van der Waals surface area contributed by atoms with E-state index < -0.39 is 10.0 Å². The zero-order valence-corrected chi connectivity index (χ0v) is 12.3. The first-order valence-corrected chi connectivity index (χ1v) is 7.79. The Kier molecular flexibility index (Phi) is 3.75. The molecule has 2 rings (SSSR count). The molecular formula is C13H18N2O4S. The van der Waals surface area contributed by atoms with Crippen LogP contribution < -0.4 is 15.2 Å². The van der Waals surface area contributed by atoms with Crippen molar-refractivity contribution in [2.75, 3.05) is 13.7 Å². The molecule has 1 aliphatic carbocycles. The molecule has 1 fully saturated rings. The highest BCUT2D eigenvalue weighted by Gasteiger charge is 2.37. The zero-order valence-electron chi connectivity index (χ0n) is 11.5. The van der Waals surface area contributed by atoms with E-state index >= 15 is 0 Å². The molecule has 0 spiro atoms. The third kappa shape index (κ3) is 3.29. The van der Waals surface area contributed by atoms with Gasteiger partial charge in [0.05, 0.1) is 17.6 Å². The first-order valence-electron chi connectivity index (χ1n) is 6.24. The number of hydrogen-bond acceptors (Lipinski definition) is 4. The van der Waals surface area contributed by atoms with Crippen LogP contribution in [-0.2, 0) is 10.0 Å². The lowest BCUT2D eigenvalue weighted by molar-refractivity contribution is 0.0943. The summed E-state index contributed by atoms with van der Waals surface area (Å²) in [4.78, 5) is 12.0. The number of carbonyl (C=O) groups excluding carboxylic acids is 1. The largest absolute Gasteiger partial charge is 0.496 e. The number of ether oxygens (including phenoxy) is 1. The highest BCUT2D eigenvalue weighted by atomic mass is 32.2. The summed E-state index contributed by atoms with van der Waals surface area (Å²) in [5.74, 6) is -0.0451. The molecule has 0 unspecified atom stereocenters. The van der Waals surface area contributed by atoms with Gasteiger partial charge in [0.25, 0.3) is 5.91 Å². The standard InChI is InChI=1S/C13H18N2O4S/c1-13(5-6-13)8-15-12(16)10-7-9(20(14,17)18)3-4-11(10)19-2/h3-4,7H,5-6,8H2,1-2H3,(H,15,16)(H2,14,17,18). The third-order valence-electron chi connectivity index (χ3n) is 3.52. The molecule has 0 radical (unpaired) electrons. The number of hydrogen-bond donors (Lipinski definition) is 2. The number of methoxy groups -OCH3 is 1. The lowest BCUT2D eigenvalue weighted by Gasteiger charge is -2.13. The third-order valence-corrected chi connectivity index (χ3v) is 4.43. The molecule has 1 aliphatic rings. The summed E-state index contributed by atoms with van der Waals surface area (Å²) in [6.07, 6.45) is 2.17. The summed E-state index contributed by atoms with van der Waals surface area (Å²) in [7, 11) is -2.43. The van der Waals surface area contributed by atoms with Gasteiger partial charge in [0.1, 0.15) is 5.75 Å². The van der Waals surface area contributed by atoms with Crippen LogP contribution in [0.4, 0.5) is 0 Å². The fraction of sp³-hybridized carbons (Fsp3) is 0.462. The van der Waals surface area contributed by atoms with Crippen LogP contribution in [0.2, 0.25) is 0 Å². The minimum atomic E-state index is -3.85. The highest BCUT2D eigenvalue weighted by molar-refractivity contribution is 7.89. The molecule has 1 amide bonds. The van der Waals surface area contributed by atoms with Crippen LogP contribution in [0.1, 0.15) is 30.1 Å². The quantitative estimate of drug-likeness (QED) is 0.842. The maximum Gasteiger partial charge on any atom is 0.255 e. The number of carbonyl (C=O) groups is 1. The molecule has 0 aromatic heterocycles.